The molecule has 1 nitrogen and oxygen atoms in total. The summed E-state index contributed by atoms with van der Waals surface area (Å²) in [5, 5.41) is 3.68. The molecular weight excluding hydrogens is 366 g/mol. The number of hydrogen-bond donors (Lipinski definition) is 1. The highest BCUT2D eigenvalue weighted by Gasteiger charge is 2.22. The number of benzene rings is 1. The third-order valence-corrected chi connectivity index (χ3v) is 5.88. The Balaban J connectivity index is 1.67. The van der Waals surface area contributed by atoms with Crippen LogP contribution >= 0.6 is 38.9 Å². The Morgan fingerprint density at radius 2 is 2.00 bits per heavy atom. The van der Waals surface area contributed by atoms with Crippen LogP contribution in [0.3, 0.4) is 0 Å². The normalized spacial score (nSPS) is 16.1. The van der Waals surface area contributed by atoms with Crippen molar-refractivity contribution in [2.24, 2.45) is 5.92 Å². The van der Waals surface area contributed by atoms with Crippen LogP contribution in [0.1, 0.15) is 23.3 Å². The molecule has 0 bridgehead atoms. The van der Waals surface area contributed by atoms with Gasteiger partial charge in [-0.05, 0) is 61.9 Å². The molecule has 0 aliphatic heterocycles. The molecule has 1 aliphatic carbocycles. The molecule has 0 spiro atoms. The van der Waals surface area contributed by atoms with E-state index in [1.807, 2.05) is 6.07 Å². The van der Waals surface area contributed by atoms with Gasteiger partial charge in [-0.15, -0.1) is 11.3 Å². The van der Waals surface area contributed by atoms with E-state index in [0.29, 0.717) is 5.92 Å². The zero-order chi connectivity index (χ0) is 14.7. The fraction of sp³-hybridized carbons (Fsp3) is 0.412. The second-order valence-electron chi connectivity index (χ2n) is 5.75. The Bertz CT molecular complexity index is 594. The van der Waals surface area contributed by atoms with Crippen LogP contribution < -0.4 is 5.32 Å². The largest absolute Gasteiger partial charge is 0.314 e. The molecule has 1 saturated carbocycles. The van der Waals surface area contributed by atoms with Gasteiger partial charge in [-0.1, -0.05) is 45.7 Å². The highest BCUT2D eigenvalue weighted by Crippen LogP contribution is 2.27. The van der Waals surface area contributed by atoms with Gasteiger partial charge in [0, 0.05) is 15.4 Å². The second kappa shape index (κ2) is 7.28. The van der Waals surface area contributed by atoms with Crippen molar-refractivity contribution in [3.63, 3.8) is 0 Å². The molecule has 1 atom stereocenters. The maximum absolute atomic E-state index is 6.06. The highest BCUT2D eigenvalue weighted by atomic mass is 79.9. The Labute approximate surface area is 143 Å². The molecule has 1 aliphatic rings. The van der Waals surface area contributed by atoms with Crippen molar-refractivity contribution in [2.45, 2.75) is 31.7 Å². The topological polar surface area (TPSA) is 12.0 Å². The van der Waals surface area contributed by atoms with E-state index in [0.717, 1.165) is 29.8 Å². The van der Waals surface area contributed by atoms with E-state index in [9.17, 15) is 0 Å². The number of nitrogens with one attached hydrogen (secondary N) is 1. The van der Waals surface area contributed by atoms with Crippen molar-refractivity contribution in [2.75, 3.05) is 6.54 Å². The molecule has 2 aromatic rings. The molecule has 0 saturated heterocycles. The Morgan fingerprint density at radius 1 is 1.19 bits per heavy atom. The lowest BCUT2D eigenvalue weighted by molar-refractivity contribution is 0.471. The predicted molar refractivity (Wildman–Crippen MR) is 95.4 cm³/mol. The number of halogens is 2. The number of rotatable bonds is 7. The molecule has 21 heavy (non-hydrogen) atoms. The lowest BCUT2D eigenvalue weighted by Gasteiger charge is -2.18. The summed E-state index contributed by atoms with van der Waals surface area (Å²) < 4.78 is 2.10. The monoisotopic (exact) mass is 383 g/mol. The van der Waals surface area contributed by atoms with Crippen LogP contribution in [0.15, 0.2) is 40.9 Å². The predicted octanol–water partition coefficient (Wildman–Crippen LogP) is 5.32. The summed E-state index contributed by atoms with van der Waals surface area (Å²) in [6.45, 7) is 1.08. The summed E-state index contributed by atoms with van der Waals surface area (Å²) in [7, 11) is 0. The lowest BCUT2D eigenvalue weighted by Crippen LogP contribution is -2.27. The van der Waals surface area contributed by atoms with E-state index in [1.54, 1.807) is 11.3 Å². The molecule has 0 radical (unpaired) electrons. The van der Waals surface area contributed by atoms with Crippen molar-refractivity contribution in [1.29, 1.82) is 0 Å². The SMILES string of the molecule is Clc1ccc(CC(CNC2CC2)Cc2ccccc2Br)s1. The van der Waals surface area contributed by atoms with Gasteiger partial charge in [0.25, 0.3) is 0 Å². The minimum atomic E-state index is 0.610. The van der Waals surface area contributed by atoms with Crippen LogP contribution in [0.4, 0.5) is 0 Å². The van der Waals surface area contributed by atoms with Crippen LogP contribution in [-0.4, -0.2) is 12.6 Å². The molecule has 1 fully saturated rings. The smallest absolute Gasteiger partial charge is 0.0931 e. The van der Waals surface area contributed by atoms with Crippen LogP contribution in [-0.2, 0) is 12.8 Å². The van der Waals surface area contributed by atoms with E-state index in [4.69, 9.17) is 11.6 Å². The van der Waals surface area contributed by atoms with Gasteiger partial charge >= 0.3 is 0 Å². The lowest BCUT2D eigenvalue weighted by atomic mass is 9.95. The molecule has 0 amide bonds. The highest BCUT2D eigenvalue weighted by molar-refractivity contribution is 9.10. The van der Waals surface area contributed by atoms with Crippen LogP contribution in [0.25, 0.3) is 0 Å². The maximum Gasteiger partial charge on any atom is 0.0931 e. The standard InChI is InChI=1S/C17H19BrClNS/c18-16-4-2-1-3-13(16)9-12(11-20-14-5-6-14)10-15-7-8-17(19)21-15/h1-4,7-8,12,14,20H,5-6,9-11H2. The summed E-state index contributed by atoms with van der Waals surface area (Å²) >= 11 is 11.4. The van der Waals surface area contributed by atoms with Crippen LogP contribution in [0.2, 0.25) is 4.34 Å². The van der Waals surface area contributed by atoms with Crippen molar-refractivity contribution < 1.29 is 0 Å². The van der Waals surface area contributed by atoms with E-state index in [-0.39, 0.29) is 0 Å². The maximum atomic E-state index is 6.06. The van der Waals surface area contributed by atoms with Crippen molar-refractivity contribution in [3.8, 4) is 0 Å². The summed E-state index contributed by atoms with van der Waals surface area (Å²) in [6, 6.07) is 13.5. The van der Waals surface area contributed by atoms with Gasteiger partial charge in [0.1, 0.15) is 0 Å². The molecule has 1 aromatic heterocycles. The van der Waals surface area contributed by atoms with Crippen molar-refractivity contribution >= 4 is 38.9 Å². The minimum Gasteiger partial charge on any atom is -0.314 e. The summed E-state index contributed by atoms with van der Waals surface area (Å²) in [5.41, 5.74) is 1.39. The summed E-state index contributed by atoms with van der Waals surface area (Å²) in [4.78, 5) is 1.38. The van der Waals surface area contributed by atoms with Crippen molar-refractivity contribution in [1.82, 2.24) is 5.32 Å². The number of thiophene rings is 1. The molecule has 112 valence electrons. The van der Waals surface area contributed by atoms with Gasteiger partial charge in [-0.3, -0.25) is 0 Å². The second-order valence-corrected chi connectivity index (χ2v) is 8.41. The zero-order valence-corrected chi connectivity index (χ0v) is 15.0. The molecule has 1 unspecified atom stereocenters. The molecule has 1 heterocycles. The first-order valence-electron chi connectivity index (χ1n) is 7.41. The first-order valence-corrected chi connectivity index (χ1v) is 9.40. The van der Waals surface area contributed by atoms with E-state index >= 15 is 0 Å². The van der Waals surface area contributed by atoms with E-state index < -0.39 is 0 Å². The van der Waals surface area contributed by atoms with Crippen LogP contribution in [0, 0.1) is 5.92 Å². The van der Waals surface area contributed by atoms with Gasteiger partial charge in [0.2, 0.25) is 0 Å². The van der Waals surface area contributed by atoms with Gasteiger partial charge in [-0.25, -0.2) is 0 Å². The third kappa shape index (κ3) is 4.82. The van der Waals surface area contributed by atoms with Gasteiger partial charge in [0.15, 0.2) is 0 Å². The summed E-state index contributed by atoms with van der Waals surface area (Å²) in [5.74, 6) is 0.610. The minimum absolute atomic E-state index is 0.610. The molecule has 1 N–H and O–H groups in total. The fourth-order valence-electron chi connectivity index (χ4n) is 2.56. The van der Waals surface area contributed by atoms with Crippen molar-refractivity contribution in [3.05, 3.63) is 55.6 Å². The average Bonchev–Trinajstić information content (AvgIpc) is 3.21. The zero-order valence-electron chi connectivity index (χ0n) is 11.8. The Morgan fingerprint density at radius 3 is 2.67 bits per heavy atom. The Hall–Kier alpha value is -0.350. The third-order valence-electron chi connectivity index (χ3n) is 3.86. The van der Waals surface area contributed by atoms with E-state index in [1.165, 1.54) is 27.8 Å². The first kappa shape index (κ1) is 15.5. The summed E-state index contributed by atoms with van der Waals surface area (Å²) in [6.07, 6.45) is 4.87. The van der Waals surface area contributed by atoms with Gasteiger partial charge < -0.3 is 5.32 Å². The first-order chi connectivity index (χ1) is 10.2. The van der Waals surface area contributed by atoms with E-state index in [2.05, 4.69) is 51.6 Å². The molecule has 1 aromatic carbocycles. The fourth-order valence-corrected chi connectivity index (χ4v) is 4.21. The van der Waals surface area contributed by atoms with Gasteiger partial charge in [0.05, 0.1) is 4.34 Å². The Kier molecular flexibility index (Phi) is 5.38. The molecule has 3 rings (SSSR count). The molecule has 4 heteroatoms. The quantitative estimate of drug-likeness (QED) is 0.681. The van der Waals surface area contributed by atoms with Gasteiger partial charge in [-0.2, -0.15) is 0 Å². The number of hydrogen-bond acceptors (Lipinski definition) is 2. The molecular formula is C17H19BrClNS. The average molecular weight is 385 g/mol. The van der Waals surface area contributed by atoms with Crippen LogP contribution in [0.5, 0.6) is 0 Å².